The Kier molecular flexibility index (Phi) is 14.4. The van der Waals surface area contributed by atoms with Crippen molar-refractivity contribution in [3.63, 3.8) is 0 Å². The quantitative estimate of drug-likeness (QED) is 0.261. The maximum absolute atomic E-state index is 13.5. The van der Waals surface area contributed by atoms with Crippen molar-refractivity contribution in [2.24, 2.45) is 29.6 Å². The molecule has 1 aliphatic heterocycles. The summed E-state index contributed by atoms with van der Waals surface area (Å²) < 4.78 is 0. The molecule has 0 aliphatic carbocycles. The average molecular weight is 523 g/mol. The predicted octanol–water partition coefficient (Wildman–Crippen LogP) is 3.81. The van der Waals surface area contributed by atoms with Gasteiger partial charge in [-0.3, -0.25) is 30.0 Å². The van der Waals surface area contributed by atoms with Crippen LogP contribution >= 0.6 is 12.4 Å². The summed E-state index contributed by atoms with van der Waals surface area (Å²) in [5.41, 5.74) is 5.57. The number of benzene rings is 1. The van der Waals surface area contributed by atoms with Crippen LogP contribution in [0.4, 0.5) is 0 Å². The molecule has 1 heterocycles. The topological polar surface area (TPSA) is 111 Å². The number of nitrogens with zero attached hydrogens (tertiary/aromatic N) is 1. The molecule has 0 saturated carbocycles. The predicted molar refractivity (Wildman–Crippen MR) is 144 cm³/mol. The van der Waals surface area contributed by atoms with Crippen LogP contribution in [0.2, 0.25) is 0 Å². The summed E-state index contributed by atoms with van der Waals surface area (Å²) in [5, 5.41) is 14.1. The van der Waals surface area contributed by atoms with Gasteiger partial charge in [-0.25, -0.2) is 5.48 Å². The summed E-state index contributed by atoms with van der Waals surface area (Å²) in [5.74, 6) is -2.48. The van der Waals surface area contributed by atoms with Gasteiger partial charge in [0.1, 0.15) is 0 Å². The van der Waals surface area contributed by atoms with E-state index < -0.39 is 17.7 Å². The number of nitrogens with one attached hydrogen (secondary N) is 3. The molecule has 3 atom stereocenters. The van der Waals surface area contributed by atoms with Gasteiger partial charge in [0.25, 0.3) is 0 Å². The van der Waals surface area contributed by atoms with Crippen LogP contribution in [-0.2, 0) is 14.4 Å². The minimum atomic E-state index is -0.783. The lowest BCUT2D eigenvalue weighted by molar-refractivity contribution is -0.150. The zero-order valence-corrected chi connectivity index (χ0v) is 22.7. The molecular weight excluding hydrogens is 480 g/mol. The fourth-order valence-electron chi connectivity index (χ4n) is 4.47. The van der Waals surface area contributed by atoms with Crippen LogP contribution in [0.25, 0.3) is 6.08 Å². The van der Waals surface area contributed by atoms with Crippen LogP contribution in [-0.4, -0.2) is 47.6 Å². The molecule has 0 bridgehead atoms. The molecule has 1 unspecified atom stereocenters. The second kappa shape index (κ2) is 16.3. The zero-order chi connectivity index (χ0) is 25.8. The van der Waals surface area contributed by atoms with Gasteiger partial charge < -0.3 is 5.32 Å². The number of halogens is 1. The summed E-state index contributed by atoms with van der Waals surface area (Å²) in [6.07, 6.45) is 6.16. The second-order valence-corrected chi connectivity index (χ2v) is 10.2. The first-order chi connectivity index (χ1) is 16.7. The van der Waals surface area contributed by atoms with E-state index >= 15 is 0 Å². The lowest BCUT2D eigenvalue weighted by atomic mass is 9.82. The molecule has 1 aromatic carbocycles. The van der Waals surface area contributed by atoms with Crippen LogP contribution in [0.15, 0.2) is 36.4 Å². The highest BCUT2D eigenvalue weighted by Crippen LogP contribution is 2.26. The first-order valence-electron chi connectivity index (χ1n) is 12.7. The van der Waals surface area contributed by atoms with E-state index in [4.69, 9.17) is 0 Å². The first kappa shape index (κ1) is 31.6. The monoisotopic (exact) mass is 522 g/mol. The molecule has 0 aromatic heterocycles. The molecule has 8 nitrogen and oxygen atoms in total. The highest BCUT2D eigenvalue weighted by molar-refractivity contribution is 5.89. The summed E-state index contributed by atoms with van der Waals surface area (Å²) in [6, 6.07) is 9.68. The minimum Gasteiger partial charge on any atom is -0.316 e. The van der Waals surface area contributed by atoms with Crippen molar-refractivity contribution < 1.29 is 19.6 Å². The van der Waals surface area contributed by atoms with Gasteiger partial charge in [-0.2, -0.15) is 0 Å². The highest BCUT2D eigenvalue weighted by Gasteiger charge is 2.36. The molecule has 1 aliphatic rings. The van der Waals surface area contributed by atoms with Gasteiger partial charge in [0.2, 0.25) is 17.7 Å². The molecule has 1 saturated heterocycles. The number of carbonyl (C=O) groups excluding carboxylic acids is 3. The number of hydrogen-bond acceptors (Lipinski definition) is 5. The van der Waals surface area contributed by atoms with Gasteiger partial charge in [-0.05, 0) is 49.6 Å². The molecule has 1 aromatic rings. The molecule has 2 rings (SSSR count). The van der Waals surface area contributed by atoms with E-state index in [-0.39, 0.29) is 48.4 Å². The number of allylic oxidation sites excluding steroid dienone is 1. The molecule has 3 amide bonds. The fourth-order valence-corrected chi connectivity index (χ4v) is 4.47. The van der Waals surface area contributed by atoms with E-state index in [1.54, 1.807) is 5.48 Å². The molecule has 36 heavy (non-hydrogen) atoms. The molecule has 4 N–H and O–H groups in total. The van der Waals surface area contributed by atoms with Gasteiger partial charge in [0, 0.05) is 13.1 Å². The third-order valence-corrected chi connectivity index (χ3v) is 6.20. The number of carbonyl (C=O) groups is 3. The van der Waals surface area contributed by atoms with Crippen LogP contribution in [0, 0.1) is 29.6 Å². The van der Waals surface area contributed by atoms with Crippen molar-refractivity contribution >= 4 is 36.2 Å². The molecular formula is C27H43ClN4O4. The van der Waals surface area contributed by atoms with Crippen LogP contribution in [0.1, 0.15) is 58.9 Å². The third kappa shape index (κ3) is 10.3. The molecule has 1 fully saturated rings. The van der Waals surface area contributed by atoms with Crippen LogP contribution in [0.5, 0.6) is 0 Å². The van der Waals surface area contributed by atoms with E-state index in [2.05, 4.69) is 10.7 Å². The Bertz CT molecular complexity index is 841. The lowest BCUT2D eigenvalue weighted by Gasteiger charge is -2.33. The Morgan fingerprint density at radius 2 is 1.78 bits per heavy atom. The SMILES string of the molecule is CC(C)C[C@@H](C(=O)NN(CC(C)C)C(=O)C1CCCNC1)[C@H](CC=Cc1ccccc1)C(=O)NO.Cl. The van der Waals surface area contributed by atoms with Crippen LogP contribution in [0.3, 0.4) is 0 Å². The Labute approximate surface area is 221 Å². The van der Waals surface area contributed by atoms with Crippen molar-refractivity contribution in [3.8, 4) is 0 Å². The van der Waals surface area contributed by atoms with Crippen molar-refractivity contribution in [1.29, 1.82) is 0 Å². The second-order valence-electron chi connectivity index (χ2n) is 10.2. The first-order valence-corrected chi connectivity index (χ1v) is 12.7. The van der Waals surface area contributed by atoms with Gasteiger partial charge in [0.15, 0.2) is 0 Å². The van der Waals surface area contributed by atoms with Crippen molar-refractivity contribution in [3.05, 3.63) is 42.0 Å². The normalized spacial score (nSPS) is 17.4. The van der Waals surface area contributed by atoms with Gasteiger partial charge in [0.05, 0.1) is 17.8 Å². The van der Waals surface area contributed by atoms with Gasteiger partial charge >= 0.3 is 0 Å². The standard InChI is InChI=1S/C27H42N4O4.ClH/c1-19(2)16-24(23(26(33)30-35)14-8-12-21-10-6-5-7-11-21)25(32)29-31(18-20(3)4)27(34)22-13-9-15-28-17-22;/h5-8,10-12,19-20,22-24,28,35H,9,13-18H2,1-4H3,(H,29,32)(H,30,33);1H/t22?,23-,24+;/m0./s1. The minimum absolute atomic E-state index is 0. The Balaban J connectivity index is 0.00000648. The van der Waals surface area contributed by atoms with Crippen molar-refractivity contribution in [2.75, 3.05) is 19.6 Å². The lowest BCUT2D eigenvalue weighted by Crippen LogP contribution is -2.55. The number of amides is 3. The Morgan fingerprint density at radius 3 is 2.33 bits per heavy atom. The Morgan fingerprint density at radius 1 is 1.08 bits per heavy atom. The summed E-state index contributed by atoms with van der Waals surface area (Å²) >= 11 is 0. The highest BCUT2D eigenvalue weighted by atomic mass is 35.5. The molecule has 0 spiro atoms. The Hall–Kier alpha value is -2.42. The van der Waals surface area contributed by atoms with E-state index in [1.165, 1.54) is 5.01 Å². The van der Waals surface area contributed by atoms with Crippen molar-refractivity contribution in [2.45, 2.75) is 53.4 Å². The van der Waals surface area contributed by atoms with E-state index in [0.29, 0.717) is 19.5 Å². The number of hydroxylamine groups is 1. The zero-order valence-electron chi connectivity index (χ0n) is 21.9. The van der Waals surface area contributed by atoms with Gasteiger partial charge in [-0.1, -0.05) is 70.2 Å². The number of hydrogen-bond donors (Lipinski definition) is 4. The summed E-state index contributed by atoms with van der Waals surface area (Å²) in [6.45, 7) is 9.84. The molecule has 0 radical (unpaired) electrons. The summed E-state index contributed by atoms with van der Waals surface area (Å²) in [7, 11) is 0. The smallest absolute Gasteiger partial charge is 0.247 e. The van der Waals surface area contributed by atoms with Crippen LogP contribution < -0.4 is 16.2 Å². The maximum Gasteiger partial charge on any atom is 0.247 e. The number of piperidine rings is 1. The van der Waals surface area contributed by atoms with Crippen molar-refractivity contribution in [1.82, 2.24) is 21.2 Å². The van der Waals surface area contributed by atoms with E-state index in [1.807, 2.05) is 70.2 Å². The molecule has 202 valence electrons. The third-order valence-electron chi connectivity index (χ3n) is 6.20. The fraction of sp³-hybridized carbons (Fsp3) is 0.593. The van der Waals surface area contributed by atoms with E-state index in [0.717, 1.165) is 24.9 Å². The van der Waals surface area contributed by atoms with Gasteiger partial charge in [-0.15, -0.1) is 12.4 Å². The largest absolute Gasteiger partial charge is 0.316 e. The maximum atomic E-state index is 13.5. The average Bonchev–Trinajstić information content (AvgIpc) is 2.85. The molecule has 9 heteroatoms. The van der Waals surface area contributed by atoms with E-state index in [9.17, 15) is 19.6 Å². The number of rotatable bonds is 11. The summed E-state index contributed by atoms with van der Waals surface area (Å²) in [4.78, 5) is 39.5. The number of hydrazine groups is 1.